The molecule has 2 rings (SSSR count). The highest BCUT2D eigenvalue weighted by atomic mass is 32.1. The number of halogens is 1. The van der Waals surface area contributed by atoms with Gasteiger partial charge >= 0.3 is 0 Å². The standard InChI is InChI=1S/C9H6FNS/c10-8-3-1-7(2-4-8)9-11-5-6-12-9/h1-6H. The molecule has 0 radical (unpaired) electrons. The molecule has 0 aliphatic carbocycles. The van der Waals surface area contributed by atoms with Crippen molar-refractivity contribution in [2.24, 2.45) is 0 Å². The molecule has 0 unspecified atom stereocenters. The monoisotopic (exact) mass is 179 g/mol. The third-order valence-corrected chi connectivity index (χ3v) is 2.35. The summed E-state index contributed by atoms with van der Waals surface area (Å²) in [5, 5.41) is 2.83. The minimum atomic E-state index is -0.213. The first kappa shape index (κ1) is 7.43. The topological polar surface area (TPSA) is 12.9 Å². The van der Waals surface area contributed by atoms with Crippen LogP contribution in [-0.2, 0) is 0 Å². The van der Waals surface area contributed by atoms with Crippen LogP contribution in [0.15, 0.2) is 35.8 Å². The Bertz CT molecular complexity index is 353. The highest BCUT2D eigenvalue weighted by Crippen LogP contribution is 2.21. The van der Waals surface area contributed by atoms with E-state index < -0.39 is 0 Å². The molecule has 0 N–H and O–H groups in total. The van der Waals surface area contributed by atoms with Gasteiger partial charge < -0.3 is 0 Å². The Morgan fingerprint density at radius 3 is 2.50 bits per heavy atom. The van der Waals surface area contributed by atoms with Crippen LogP contribution in [0.5, 0.6) is 0 Å². The first-order valence-electron chi connectivity index (χ1n) is 3.52. The molecule has 0 aliphatic heterocycles. The first-order valence-corrected chi connectivity index (χ1v) is 4.39. The van der Waals surface area contributed by atoms with Crippen molar-refractivity contribution in [1.29, 1.82) is 0 Å². The molecule has 3 heteroatoms. The van der Waals surface area contributed by atoms with Crippen LogP contribution in [0.4, 0.5) is 4.39 Å². The average molecular weight is 179 g/mol. The van der Waals surface area contributed by atoms with Gasteiger partial charge in [-0.05, 0) is 24.3 Å². The van der Waals surface area contributed by atoms with Crippen LogP contribution < -0.4 is 0 Å². The summed E-state index contributed by atoms with van der Waals surface area (Å²) in [5.41, 5.74) is 0.964. The van der Waals surface area contributed by atoms with Crippen molar-refractivity contribution >= 4 is 11.3 Å². The lowest BCUT2D eigenvalue weighted by Crippen LogP contribution is -1.76. The van der Waals surface area contributed by atoms with Crippen LogP contribution in [0.25, 0.3) is 10.6 Å². The quantitative estimate of drug-likeness (QED) is 0.655. The predicted molar refractivity (Wildman–Crippen MR) is 47.5 cm³/mol. The number of rotatable bonds is 1. The van der Waals surface area contributed by atoms with Gasteiger partial charge in [0.25, 0.3) is 0 Å². The largest absolute Gasteiger partial charge is 0.245 e. The molecule has 1 aromatic heterocycles. The van der Waals surface area contributed by atoms with E-state index in [0.29, 0.717) is 0 Å². The van der Waals surface area contributed by atoms with Crippen molar-refractivity contribution in [3.8, 4) is 10.6 Å². The lowest BCUT2D eigenvalue weighted by Gasteiger charge is -1.93. The number of aromatic nitrogens is 1. The molecule has 0 saturated carbocycles. The Morgan fingerprint density at radius 2 is 1.92 bits per heavy atom. The lowest BCUT2D eigenvalue weighted by atomic mass is 10.2. The first-order chi connectivity index (χ1) is 5.86. The molecular formula is C9H6FNS. The van der Waals surface area contributed by atoms with Gasteiger partial charge in [-0.2, -0.15) is 0 Å². The summed E-state index contributed by atoms with van der Waals surface area (Å²) < 4.78 is 12.5. The van der Waals surface area contributed by atoms with Crippen molar-refractivity contribution in [3.05, 3.63) is 41.7 Å². The van der Waals surface area contributed by atoms with Crippen molar-refractivity contribution in [1.82, 2.24) is 4.98 Å². The maximum Gasteiger partial charge on any atom is 0.123 e. The normalized spacial score (nSPS) is 10.1. The molecule has 0 amide bonds. The number of thiazole rings is 1. The predicted octanol–water partition coefficient (Wildman–Crippen LogP) is 2.95. The van der Waals surface area contributed by atoms with Crippen molar-refractivity contribution in [3.63, 3.8) is 0 Å². The molecule has 1 aromatic carbocycles. The van der Waals surface area contributed by atoms with Gasteiger partial charge in [0.15, 0.2) is 0 Å². The fraction of sp³-hybridized carbons (Fsp3) is 0. The van der Waals surface area contributed by atoms with Crippen LogP contribution in [0.2, 0.25) is 0 Å². The van der Waals surface area contributed by atoms with E-state index in [0.717, 1.165) is 10.6 Å². The maximum atomic E-state index is 12.5. The average Bonchev–Trinajstić information content (AvgIpc) is 2.58. The summed E-state index contributed by atoms with van der Waals surface area (Å²) >= 11 is 1.55. The molecular weight excluding hydrogens is 173 g/mol. The van der Waals surface area contributed by atoms with E-state index in [9.17, 15) is 4.39 Å². The SMILES string of the molecule is Fc1ccc(-c2nccs2)cc1. The summed E-state index contributed by atoms with van der Waals surface area (Å²) in [4.78, 5) is 4.11. The zero-order valence-corrected chi connectivity index (χ0v) is 7.01. The second kappa shape index (κ2) is 3.03. The second-order valence-electron chi connectivity index (χ2n) is 2.34. The Kier molecular flexibility index (Phi) is 1.87. The molecule has 60 valence electrons. The van der Waals surface area contributed by atoms with Crippen LogP contribution in [0, 0.1) is 5.82 Å². The molecule has 0 spiro atoms. The number of hydrogen-bond acceptors (Lipinski definition) is 2. The number of hydrogen-bond donors (Lipinski definition) is 0. The van der Waals surface area contributed by atoms with E-state index in [2.05, 4.69) is 4.98 Å². The summed E-state index contributed by atoms with van der Waals surface area (Å²) in [5.74, 6) is -0.213. The zero-order chi connectivity index (χ0) is 8.39. The van der Waals surface area contributed by atoms with Gasteiger partial charge in [-0.25, -0.2) is 9.37 Å². The molecule has 1 nitrogen and oxygen atoms in total. The minimum absolute atomic E-state index is 0.213. The summed E-state index contributed by atoms with van der Waals surface area (Å²) in [6.45, 7) is 0. The lowest BCUT2D eigenvalue weighted by molar-refractivity contribution is 0.628. The molecule has 0 atom stereocenters. The second-order valence-corrected chi connectivity index (χ2v) is 3.24. The molecule has 12 heavy (non-hydrogen) atoms. The molecule has 1 heterocycles. The zero-order valence-electron chi connectivity index (χ0n) is 6.20. The summed E-state index contributed by atoms with van der Waals surface area (Å²) in [6, 6.07) is 6.34. The number of benzene rings is 1. The Labute approximate surface area is 73.5 Å². The molecule has 0 saturated heterocycles. The van der Waals surface area contributed by atoms with Gasteiger partial charge in [-0.15, -0.1) is 11.3 Å². The van der Waals surface area contributed by atoms with Gasteiger partial charge in [0.05, 0.1) is 0 Å². The Balaban J connectivity index is 2.43. The fourth-order valence-electron chi connectivity index (χ4n) is 0.958. The molecule has 0 aliphatic rings. The van der Waals surface area contributed by atoms with Gasteiger partial charge in [0.2, 0.25) is 0 Å². The van der Waals surface area contributed by atoms with E-state index >= 15 is 0 Å². The maximum absolute atomic E-state index is 12.5. The van der Waals surface area contributed by atoms with Gasteiger partial charge in [0.1, 0.15) is 10.8 Å². The Morgan fingerprint density at radius 1 is 1.17 bits per heavy atom. The van der Waals surface area contributed by atoms with E-state index in [-0.39, 0.29) is 5.82 Å². The highest BCUT2D eigenvalue weighted by Gasteiger charge is 1.98. The van der Waals surface area contributed by atoms with Gasteiger partial charge in [0, 0.05) is 17.1 Å². The van der Waals surface area contributed by atoms with Crippen molar-refractivity contribution in [2.75, 3.05) is 0 Å². The van der Waals surface area contributed by atoms with Gasteiger partial charge in [-0.1, -0.05) is 0 Å². The third-order valence-electron chi connectivity index (χ3n) is 1.52. The molecule has 2 aromatic rings. The highest BCUT2D eigenvalue weighted by molar-refractivity contribution is 7.13. The third kappa shape index (κ3) is 1.36. The van der Waals surface area contributed by atoms with Crippen molar-refractivity contribution in [2.45, 2.75) is 0 Å². The van der Waals surface area contributed by atoms with E-state index in [1.165, 1.54) is 12.1 Å². The van der Waals surface area contributed by atoms with E-state index in [1.807, 2.05) is 5.38 Å². The van der Waals surface area contributed by atoms with Crippen LogP contribution in [-0.4, -0.2) is 4.98 Å². The van der Waals surface area contributed by atoms with Crippen LogP contribution in [0.3, 0.4) is 0 Å². The smallest absolute Gasteiger partial charge is 0.123 e. The summed E-state index contributed by atoms with van der Waals surface area (Å²) in [6.07, 6.45) is 1.74. The van der Waals surface area contributed by atoms with Crippen LogP contribution in [0.1, 0.15) is 0 Å². The summed E-state index contributed by atoms with van der Waals surface area (Å²) in [7, 11) is 0. The van der Waals surface area contributed by atoms with Crippen LogP contribution >= 0.6 is 11.3 Å². The fourth-order valence-corrected chi connectivity index (χ4v) is 1.60. The molecule has 0 fully saturated rings. The molecule has 0 bridgehead atoms. The Hall–Kier alpha value is -1.22. The van der Waals surface area contributed by atoms with Gasteiger partial charge in [-0.3, -0.25) is 0 Å². The minimum Gasteiger partial charge on any atom is -0.245 e. The van der Waals surface area contributed by atoms with Crippen molar-refractivity contribution < 1.29 is 4.39 Å². The van der Waals surface area contributed by atoms with E-state index in [4.69, 9.17) is 0 Å². The number of nitrogens with zero attached hydrogens (tertiary/aromatic N) is 1. The van der Waals surface area contributed by atoms with E-state index in [1.54, 1.807) is 29.7 Å².